The molecule has 3 rings (SSSR count). The summed E-state index contributed by atoms with van der Waals surface area (Å²) < 4.78 is 5.67. The molecule has 0 aromatic carbocycles. The lowest BCUT2D eigenvalue weighted by Crippen LogP contribution is -2.31. The quantitative estimate of drug-likeness (QED) is 0.731. The van der Waals surface area contributed by atoms with Gasteiger partial charge in [-0.1, -0.05) is 18.2 Å². The Morgan fingerprint density at radius 3 is 3.00 bits per heavy atom. The molecule has 0 fully saturated rings. The predicted octanol–water partition coefficient (Wildman–Crippen LogP) is 2.87. The summed E-state index contributed by atoms with van der Waals surface area (Å²) in [5, 5.41) is 5.00. The first-order chi connectivity index (χ1) is 7.45. The Labute approximate surface area is 99.0 Å². The second-order valence-electron chi connectivity index (χ2n) is 3.96. The molecule has 79 valence electrons. The average molecular weight is 237 g/mol. The molecule has 1 radical (unpaired) electrons. The van der Waals surface area contributed by atoms with Gasteiger partial charge in [0.1, 0.15) is 0 Å². The minimum absolute atomic E-state index is 0.203. The largest absolute Gasteiger partial charge is 0.368 e. The van der Waals surface area contributed by atoms with Crippen molar-refractivity contribution in [3.05, 3.63) is 35.1 Å². The Bertz CT molecular complexity index is 322. The summed E-state index contributed by atoms with van der Waals surface area (Å²) in [6.07, 6.45) is 10.2. The van der Waals surface area contributed by atoms with Crippen molar-refractivity contribution >= 4 is 23.5 Å². The second-order valence-corrected chi connectivity index (χ2v) is 5.98. The summed E-state index contributed by atoms with van der Waals surface area (Å²) in [6.45, 7) is 0.740. The van der Waals surface area contributed by atoms with Crippen LogP contribution in [-0.2, 0) is 4.74 Å². The summed E-state index contributed by atoms with van der Waals surface area (Å²) in [6, 6.07) is 0. The summed E-state index contributed by atoms with van der Waals surface area (Å²) in [7, 11) is 0. The molecule has 3 heterocycles. The van der Waals surface area contributed by atoms with Crippen LogP contribution in [0.25, 0.3) is 0 Å². The van der Waals surface area contributed by atoms with Gasteiger partial charge in [0.2, 0.25) is 0 Å². The number of rotatable bonds is 2. The first kappa shape index (κ1) is 10.1. The maximum absolute atomic E-state index is 5.67. The van der Waals surface area contributed by atoms with Crippen LogP contribution in [0.5, 0.6) is 0 Å². The highest BCUT2D eigenvalue weighted by Gasteiger charge is 2.36. The van der Waals surface area contributed by atoms with E-state index in [1.54, 1.807) is 0 Å². The highest BCUT2D eigenvalue weighted by atomic mass is 32.2. The van der Waals surface area contributed by atoms with E-state index < -0.39 is 0 Å². The lowest BCUT2D eigenvalue weighted by atomic mass is 9.88. The van der Waals surface area contributed by atoms with Crippen LogP contribution in [0.4, 0.5) is 0 Å². The van der Waals surface area contributed by atoms with E-state index in [-0.39, 0.29) is 6.10 Å². The third kappa shape index (κ3) is 1.93. The van der Waals surface area contributed by atoms with Crippen LogP contribution >= 0.6 is 23.5 Å². The molecule has 0 aromatic heterocycles. The maximum Gasteiger partial charge on any atom is 0.0958 e. The van der Waals surface area contributed by atoms with E-state index in [0.29, 0.717) is 17.1 Å². The van der Waals surface area contributed by atoms with Crippen molar-refractivity contribution in [1.29, 1.82) is 0 Å². The van der Waals surface area contributed by atoms with E-state index in [2.05, 4.69) is 29.0 Å². The molecule has 0 spiro atoms. The van der Waals surface area contributed by atoms with Gasteiger partial charge in [-0.2, -0.15) is 0 Å². The second kappa shape index (κ2) is 4.40. The van der Waals surface area contributed by atoms with Gasteiger partial charge >= 0.3 is 0 Å². The Balaban J connectivity index is 1.72. The Kier molecular flexibility index (Phi) is 2.95. The summed E-state index contributed by atoms with van der Waals surface area (Å²) >= 11 is 3.82. The average Bonchev–Trinajstić information content (AvgIpc) is 3.01. The van der Waals surface area contributed by atoms with Gasteiger partial charge in [0.15, 0.2) is 0 Å². The standard InChI is InChI=1S/C12H13OS2/c1-2-11(13-5-1)12-10(4-7-15-12)9-3-6-14-8-9/h1,3-4,6-7,9-12H,5,8H2. The smallest absolute Gasteiger partial charge is 0.0958 e. The van der Waals surface area contributed by atoms with Gasteiger partial charge in [-0.25, -0.2) is 0 Å². The summed E-state index contributed by atoms with van der Waals surface area (Å²) in [5.74, 6) is 2.55. The van der Waals surface area contributed by atoms with Crippen molar-refractivity contribution in [2.45, 2.75) is 11.4 Å². The Hall–Kier alpha value is -0.120. The van der Waals surface area contributed by atoms with Crippen molar-refractivity contribution in [2.75, 3.05) is 12.4 Å². The molecule has 15 heavy (non-hydrogen) atoms. The van der Waals surface area contributed by atoms with Crippen molar-refractivity contribution in [1.82, 2.24) is 0 Å². The molecule has 3 aliphatic rings. The molecule has 0 saturated carbocycles. The number of ether oxygens (including phenoxy) is 1. The lowest BCUT2D eigenvalue weighted by molar-refractivity contribution is 0.111. The first-order valence-corrected chi connectivity index (χ1v) is 7.24. The lowest BCUT2D eigenvalue weighted by Gasteiger charge is -2.26. The van der Waals surface area contributed by atoms with Crippen molar-refractivity contribution < 1.29 is 4.74 Å². The van der Waals surface area contributed by atoms with E-state index in [9.17, 15) is 0 Å². The van der Waals surface area contributed by atoms with Gasteiger partial charge in [-0.3, -0.25) is 0 Å². The Morgan fingerprint density at radius 1 is 1.27 bits per heavy atom. The summed E-state index contributed by atoms with van der Waals surface area (Å²) in [4.78, 5) is 0. The van der Waals surface area contributed by atoms with Crippen LogP contribution in [-0.4, -0.2) is 23.7 Å². The van der Waals surface area contributed by atoms with Gasteiger partial charge < -0.3 is 4.74 Å². The molecule has 0 saturated heterocycles. The van der Waals surface area contributed by atoms with Gasteiger partial charge in [0.05, 0.1) is 12.7 Å². The minimum Gasteiger partial charge on any atom is -0.368 e. The first-order valence-electron chi connectivity index (χ1n) is 5.25. The number of allylic oxidation sites excluding steroid dienone is 2. The molecule has 0 N–H and O–H groups in total. The third-order valence-electron chi connectivity index (χ3n) is 3.06. The Morgan fingerprint density at radius 2 is 2.27 bits per heavy atom. The van der Waals surface area contributed by atoms with E-state index in [1.165, 1.54) is 5.75 Å². The molecule has 0 aromatic rings. The molecule has 3 aliphatic heterocycles. The van der Waals surface area contributed by atoms with Gasteiger partial charge in [-0.15, -0.1) is 23.5 Å². The van der Waals surface area contributed by atoms with Crippen LogP contribution in [0.1, 0.15) is 0 Å². The van der Waals surface area contributed by atoms with Crippen LogP contribution < -0.4 is 0 Å². The van der Waals surface area contributed by atoms with Gasteiger partial charge in [0, 0.05) is 11.0 Å². The SMILES string of the molecule is [C]1=CCOC1C1SC=CC1C1C=CSC1. The molecule has 1 nitrogen and oxygen atoms in total. The van der Waals surface area contributed by atoms with Crippen LogP contribution in [0.3, 0.4) is 0 Å². The zero-order chi connectivity index (χ0) is 10.1. The molecular weight excluding hydrogens is 224 g/mol. The topological polar surface area (TPSA) is 9.23 Å². The van der Waals surface area contributed by atoms with Gasteiger partial charge in [-0.05, 0) is 28.7 Å². The van der Waals surface area contributed by atoms with Crippen LogP contribution in [0.2, 0.25) is 0 Å². The normalized spacial score (nSPS) is 43.2. The molecule has 4 atom stereocenters. The fourth-order valence-electron chi connectivity index (χ4n) is 2.26. The third-order valence-corrected chi connectivity index (χ3v) is 5.18. The van der Waals surface area contributed by atoms with E-state index in [0.717, 1.165) is 6.61 Å². The molecule has 3 heteroatoms. The zero-order valence-corrected chi connectivity index (χ0v) is 9.97. The molecule has 4 unspecified atom stereocenters. The molecule has 0 aliphatic carbocycles. The van der Waals surface area contributed by atoms with Crippen molar-refractivity contribution in [3.63, 3.8) is 0 Å². The number of thioether (sulfide) groups is 2. The van der Waals surface area contributed by atoms with Crippen molar-refractivity contribution in [2.24, 2.45) is 11.8 Å². The fourth-order valence-corrected chi connectivity index (χ4v) is 4.47. The molecule has 0 amide bonds. The van der Waals surface area contributed by atoms with Crippen molar-refractivity contribution in [3.8, 4) is 0 Å². The highest BCUT2D eigenvalue weighted by molar-refractivity contribution is 8.03. The number of hydrogen-bond acceptors (Lipinski definition) is 3. The van der Waals surface area contributed by atoms with Gasteiger partial charge in [0.25, 0.3) is 0 Å². The maximum atomic E-state index is 5.67. The van der Waals surface area contributed by atoms with Crippen LogP contribution in [0.15, 0.2) is 29.0 Å². The minimum atomic E-state index is 0.203. The molecule has 0 bridgehead atoms. The number of hydrogen-bond donors (Lipinski definition) is 0. The monoisotopic (exact) mass is 237 g/mol. The predicted molar refractivity (Wildman–Crippen MR) is 66.7 cm³/mol. The fraction of sp³-hybridized carbons (Fsp3) is 0.500. The molecular formula is C12H13OS2. The zero-order valence-electron chi connectivity index (χ0n) is 8.34. The highest BCUT2D eigenvalue weighted by Crippen LogP contribution is 2.42. The van der Waals surface area contributed by atoms with Crippen LogP contribution in [0, 0.1) is 17.9 Å². The van der Waals surface area contributed by atoms with E-state index in [4.69, 9.17) is 4.74 Å². The van der Waals surface area contributed by atoms with E-state index >= 15 is 0 Å². The van der Waals surface area contributed by atoms with E-state index in [1.807, 2.05) is 29.6 Å². The summed E-state index contributed by atoms with van der Waals surface area (Å²) in [5.41, 5.74) is 0.